The van der Waals surface area contributed by atoms with Crippen LogP contribution < -0.4 is 4.74 Å². The fraction of sp³-hybridized carbons (Fsp3) is 0.667. The highest BCUT2D eigenvalue weighted by Gasteiger charge is 2.21. The van der Waals surface area contributed by atoms with Crippen molar-refractivity contribution in [2.75, 3.05) is 26.2 Å². The van der Waals surface area contributed by atoms with Gasteiger partial charge < -0.3 is 9.47 Å². The molecule has 3 nitrogen and oxygen atoms in total. The van der Waals surface area contributed by atoms with E-state index in [0.717, 1.165) is 38.4 Å². The Kier molecular flexibility index (Phi) is 6.07. The molecule has 118 valence electrons. The monoisotopic (exact) mass is 291 g/mol. The first-order chi connectivity index (χ1) is 10.0. The second-order valence-corrected chi connectivity index (χ2v) is 6.32. The number of ether oxygens (including phenoxy) is 2. The lowest BCUT2D eigenvalue weighted by molar-refractivity contribution is -0.0682. The summed E-state index contributed by atoms with van der Waals surface area (Å²) in [6, 6.07) is 6.31. The first-order valence-corrected chi connectivity index (χ1v) is 8.12. The SMILES string of the molecule is Cc1ccc(OCCCCN2CC(C)OC(C)C2)cc1C. The van der Waals surface area contributed by atoms with Crippen LogP contribution in [0.15, 0.2) is 18.2 Å². The largest absolute Gasteiger partial charge is 0.494 e. The van der Waals surface area contributed by atoms with Gasteiger partial charge in [-0.1, -0.05) is 6.07 Å². The number of unbranched alkanes of at least 4 members (excludes halogenated alkanes) is 1. The normalized spacial score (nSPS) is 23.2. The average molecular weight is 291 g/mol. The molecular weight excluding hydrogens is 262 g/mol. The van der Waals surface area contributed by atoms with E-state index in [0.29, 0.717) is 12.2 Å². The van der Waals surface area contributed by atoms with Crippen LogP contribution in [0.1, 0.15) is 37.8 Å². The van der Waals surface area contributed by atoms with Gasteiger partial charge >= 0.3 is 0 Å². The van der Waals surface area contributed by atoms with Gasteiger partial charge in [-0.25, -0.2) is 0 Å². The predicted molar refractivity (Wildman–Crippen MR) is 87.1 cm³/mol. The molecule has 0 saturated carbocycles. The highest BCUT2D eigenvalue weighted by Crippen LogP contribution is 2.17. The number of nitrogens with zero attached hydrogens (tertiary/aromatic N) is 1. The molecule has 0 aromatic heterocycles. The standard InChI is InChI=1S/C18H29NO2/c1-14-7-8-18(11-15(14)2)20-10-6-5-9-19-12-16(3)21-17(4)13-19/h7-8,11,16-17H,5-6,9-10,12-13H2,1-4H3. The maximum absolute atomic E-state index is 5.83. The molecule has 3 heteroatoms. The van der Waals surface area contributed by atoms with Crippen LogP contribution in [0.4, 0.5) is 0 Å². The molecule has 0 radical (unpaired) electrons. The van der Waals surface area contributed by atoms with Crippen molar-refractivity contribution in [3.8, 4) is 5.75 Å². The summed E-state index contributed by atoms with van der Waals surface area (Å²) in [5, 5.41) is 0. The maximum atomic E-state index is 5.83. The number of rotatable bonds is 6. The molecule has 2 atom stereocenters. The third-order valence-electron chi connectivity index (χ3n) is 4.11. The van der Waals surface area contributed by atoms with E-state index in [1.54, 1.807) is 0 Å². The van der Waals surface area contributed by atoms with Crippen molar-refractivity contribution >= 4 is 0 Å². The van der Waals surface area contributed by atoms with E-state index in [1.165, 1.54) is 17.5 Å². The Morgan fingerprint density at radius 2 is 1.81 bits per heavy atom. The summed E-state index contributed by atoms with van der Waals surface area (Å²) in [5.41, 5.74) is 2.61. The lowest BCUT2D eigenvalue weighted by atomic mass is 10.1. The van der Waals surface area contributed by atoms with Crippen LogP contribution >= 0.6 is 0 Å². The van der Waals surface area contributed by atoms with Gasteiger partial charge in [0.05, 0.1) is 18.8 Å². The second-order valence-electron chi connectivity index (χ2n) is 6.32. The van der Waals surface area contributed by atoms with Gasteiger partial charge in [-0.15, -0.1) is 0 Å². The molecule has 0 aliphatic carbocycles. The summed E-state index contributed by atoms with van der Waals surface area (Å²) in [4.78, 5) is 2.51. The minimum atomic E-state index is 0.362. The van der Waals surface area contributed by atoms with Crippen molar-refractivity contribution in [3.63, 3.8) is 0 Å². The molecule has 1 heterocycles. The first kappa shape index (κ1) is 16.3. The Bertz CT molecular complexity index is 437. The smallest absolute Gasteiger partial charge is 0.119 e. The van der Waals surface area contributed by atoms with Crippen molar-refractivity contribution in [2.45, 2.75) is 52.7 Å². The van der Waals surface area contributed by atoms with Gasteiger partial charge in [-0.3, -0.25) is 4.90 Å². The fourth-order valence-electron chi connectivity index (χ4n) is 2.90. The zero-order valence-corrected chi connectivity index (χ0v) is 13.9. The number of benzene rings is 1. The number of morpholine rings is 1. The summed E-state index contributed by atoms with van der Waals surface area (Å²) >= 11 is 0. The Balaban J connectivity index is 1.62. The van der Waals surface area contributed by atoms with Gasteiger partial charge in [0.1, 0.15) is 5.75 Å². The lowest BCUT2D eigenvalue weighted by Gasteiger charge is -2.35. The van der Waals surface area contributed by atoms with Gasteiger partial charge in [0.25, 0.3) is 0 Å². The number of hydrogen-bond donors (Lipinski definition) is 0. The van der Waals surface area contributed by atoms with Crippen molar-refractivity contribution < 1.29 is 9.47 Å². The van der Waals surface area contributed by atoms with Crippen LogP contribution in [0.2, 0.25) is 0 Å². The first-order valence-electron chi connectivity index (χ1n) is 8.12. The Morgan fingerprint density at radius 3 is 2.48 bits per heavy atom. The van der Waals surface area contributed by atoms with E-state index in [2.05, 4.69) is 50.8 Å². The highest BCUT2D eigenvalue weighted by molar-refractivity contribution is 5.33. The van der Waals surface area contributed by atoms with Crippen molar-refractivity contribution in [2.24, 2.45) is 0 Å². The van der Waals surface area contributed by atoms with Crippen molar-refractivity contribution in [1.29, 1.82) is 0 Å². The molecule has 1 aromatic rings. The summed E-state index contributed by atoms with van der Waals surface area (Å²) in [6.07, 6.45) is 3.01. The molecule has 1 saturated heterocycles. The molecule has 0 spiro atoms. The van der Waals surface area contributed by atoms with Gasteiger partial charge in [0.15, 0.2) is 0 Å². The zero-order chi connectivity index (χ0) is 15.2. The summed E-state index contributed by atoms with van der Waals surface area (Å²) < 4.78 is 11.6. The van der Waals surface area contributed by atoms with E-state index < -0.39 is 0 Å². The number of hydrogen-bond acceptors (Lipinski definition) is 3. The van der Waals surface area contributed by atoms with Crippen molar-refractivity contribution in [3.05, 3.63) is 29.3 Å². The molecule has 2 unspecified atom stereocenters. The topological polar surface area (TPSA) is 21.7 Å². The number of aryl methyl sites for hydroxylation is 2. The van der Waals surface area contributed by atoms with E-state index >= 15 is 0 Å². The van der Waals surface area contributed by atoms with E-state index in [1.807, 2.05) is 0 Å². The molecule has 0 N–H and O–H groups in total. The molecule has 2 rings (SSSR count). The molecule has 21 heavy (non-hydrogen) atoms. The zero-order valence-electron chi connectivity index (χ0n) is 13.9. The van der Waals surface area contributed by atoms with Crippen molar-refractivity contribution in [1.82, 2.24) is 4.90 Å². The van der Waals surface area contributed by atoms with Crippen LogP contribution in [-0.4, -0.2) is 43.3 Å². The molecule has 1 aliphatic heterocycles. The molecular formula is C18H29NO2. The summed E-state index contributed by atoms with van der Waals surface area (Å²) in [6.45, 7) is 12.6. The Hall–Kier alpha value is -1.06. The average Bonchev–Trinajstić information content (AvgIpc) is 2.41. The van der Waals surface area contributed by atoms with Gasteiger partial charge in [0, 0.05) is 13.1 Å². The molecule has 1 fully saturated rings. The predicted octanol–water partition coefficient (Wildman–Crippen LogP) is 3.57. The van der Waals surface area contributed by atoms with Crippen LogP contribution in [0, 0.1) is 13.8 Å². The highest BCUT2D eigenvalue weighted by atomic mass is 16.5. The molecule has 0 bridgehead atoms. The molecule has 1 aliphatic rings. The van der Waals surface area contributed by atoms with E-state index in [4.69, 9.17) is 9.47 Å². The van der Waals surface area contributed by atoms with E-state index in [9.17, 15) is 0 Å². The molecule has 1 aromatic carbocycles. The fourth-order valence-corrected chi connectivity index (χ4v) is 2.90. The van der Waals surface area contributed by atoms with E-state index in [-0.39, 0.29) is 0 Å². The third kappa shape index (κ3) is 5.33. The molecule has 0 amide bonds. The lowest BCUT2D eigenvalue weighted by Crippen LogP contribution is -2.45. The van der Waals surface area contributed by atoms with Crippen LogP contribution in [0.5, 0.6) is 5.75 Å². The Morgan fingerprint density at radius 1 is 1.10 bits per heavy atom. The van der Waals surface area contributed by atoms with Crippen LogP contribution in [0.3, 0.4) is 0 Å². The summed E-state index contributed by atoms with van der Waals surface area (Å²) in [7, 11) is 0. The minimum absolute atomic E-state index is 0.362. The maximum Gasteiger partial charge on any atom is 0.119 e. The van der Waals surface area contributed by atoms with Gasteiger partial charge in [-0.05, 0) is 70.3 Å². The Labute approximate surface area is 129 Å². The van der Waals surface area contributed by atoms with Crippen LogP contribution in [-0.2, 0) is 4.74 Å². The van der Waals surface area contributed by atoms with Gasteiger partial charge in [-0.2, -0.15) is 0 Å². The van der Waals surface area contributed by atoms with Crippen LogP contribution in [0.25, 0.3) is 0 Å². The van der Waals surface area contributed by atoms with Gasteiger partial charge in [0.2, 0.25) is 0 Å². The summed E-state index contributed by atoms with van der Waals surface area (Å²) in [5.74, 6) is 0.992. The third-order valence-corrected chi connectivity index (χ3v) is 4.11. The minimum Gasteiger partial charge on any atom is -0.494 e. The quantitative estimate of drug-likeness (QED) is 0.748. The second kappa shape index (κ2) is 7.81.